The topological polar surface area (TPSA) is 114 Å². The van der Waals surface area contributed by atoms with Crippen molar-refractivity contribution < 1.29 is 33.3 Å². The van der Waals surface area contributed by atoms with Crippen LogP contribution in [0.3, 0.4) is 0 Å². The Morgan fingerprint density at radius 1 is 1.05 bits per heavy atom. The van der Waals surface area contributed by atoms with E-state index < -0.39 is 47.3 Å². The molecule has 0 spiro atoms. The van der Waals surface area contributed by atoms with Crippen molar-refractivity contribution in [3.63, 3.8) is 0 Å². The summed E-state index contributed by atoms with van der Waals surface area (Å²) in [5.41, 5.74) is 5.91. The van der Waals surface area contributed by atoms with Gasteiger partial charge in [0, 0.05) is 20.8 Å². The zero-order valence-corrected chi connectivity index (χ0v) is 15.6. The van der Waals surface area contributed by atoms with E-state index in [2.05, 4.69) is 15.9 Å². The van der Waals surface area contributed by atoms with Gasteiger partial charge in [0.2, 0.25) is 0 Å². The maximum absolute atomic E-state index is 11.2. The molecule has 0 aromatic carbocycles. The summed E-state index contributed by atoms with van der Waals surface area (Å²) >= 11 is 3.21. The monoisotopic (exact) mass is 447 g/mol. The van der Waals surface area contributed by atoms with E-state index in [1.807, 2.05) is 0 Å². The van der Waals surface area contributed by atoms with Crippen molar-refractivity contribution in [3.05, 3.63) is 0 Å². The van der Waals surface area contributed by atoms with Crippen molar-refractivity contribution in [2.75, 3.05) is 6.61 Å². The molecule has 22 heavy (non-hydrogen) atoms. The minimum absolute atomic E-state index is 0. The van der Waals surface area contributed by atoms with E-state index in [9.17, 15) is 14.4 Å². The van der Waals surface area contributed by atoms with Crippen molar-refractivity contribution >= 4 is 50.8 Å². The molecule has 128 valence electrons. The molecule has 1 aliphatic heterocycles. The fraction of sp³-hybridized carbons (Fsp3) is 0.750. The number of esters is 3. The molecular formula is C12H19Br2NO7. The number of nitrogens with two attached hydrogens (primary N) is 1. The van der Waals surface area contributed by atoms with Crippen LogP contribution >= 0.6 is 32.9 Å². The van der Waals surface area contributed by atoms with Crippen LogP contribution in [-0.4, -0.2) is 53.9 Å². The van der Waals surface area contributed by atoms with Crippen LogP contribution in [-0.2, 0) is 33.3 Å². The highest BCUT2D eigenvalue weighted by atomic mass is 79.9. The first kappa shape index (κ1) is 21.3. The average Bonchev–Trinajstić information content (AvgIpc) is 2.35. The number of halogens is 2. The Morgan fingerprint density at radius 2 is 1.55 bits per heavy atom. The minimum Gasteiger partial charge on any atom is -0.463 e. The predicted molar refractivity (Wildman–Crippen MR) is 83.6 cm³/mol. The molecule has 0 aromatic rings. The van der Waals surface area contributed by atoms with Gasteiger partial charge in [-0.05, 0) is 0 Å². The van der Waals surface area contributed by atoms with Crippen LogP contribution in [0.4, 0.5) is 0 Å². The quantitative estimate of drug-likeness (QED) is 0.374. The second-order valence-corrected chi connectivity index (χ2v) is 5.46. The van der Waals surface area contributed by atoms with Crippen molar-refractivity contribution in [2.45, 2.75) is 50.1 Å². The average molecular weight is 449 g/mol. The molecule has 0 amide bonds. The highest BCUT2D eigenvalue weighted by molar-refractivity contribution is 9.09. The number of hydrogen-bond acceptors (Lipinski definition) is 8. The van der Waals surface area contributed by atoms with E-state index in [-0.39, 0.29) is 23.6 Å². The number of hydrogen-bond donors (Lipinski definition) is 1. The van der Waals surface area contributed by atoms with Gasteiger partial charge in [0.1, 0.15) is 17.7 Å². The molecule has 0 saturated carbocycles. The summed E-state index contributed by atoms with van der Waals surface area (Å²) in [6, 6.07) is -0.744. The van der Waals surface area contributed by atoms with E-state index in [4.69, 9.17) is 24.7 Å². The highest BCUT2D eigenvalue weighted by Crippen LogP contribution is 2.28. The number of alkyl halides is 1. The fourth-order valence-corrected chi connectivity index (χ4v) is 2.50. The van der Waals surface area contributed by atoms with E-state index in [1.165, 1.54) is 20.8 Å². The Labute approximate surface area is 146 Å². The highest BCUT2D eigenvalue weighted by Gasteiger charge is 2.47. The zero-order valence-electron chi connectivity index (χ0n) is 12.3. The summed E-state index contributed by atoms with van der Waals surface area (Å²) in [6.45, 7) is 3.52. The van der Waals surface area contributed by atoms with E-state index in [0.717, 1.165) is 0 Å². The summed E-state index contributed by atoms with van der Waals surface area (Å²) in [7, 11) is 0. The summed E-state index contributed by atoms with van der Waals surface area (Å²) in [5.74, 6) is -1.67. The van der Waals surface area contributed by atoms with Crippen LogP contribution in [0.15, 0.2) is 0 Å². The third kappa shape index (κ3) is 6.19. The molecule has 1 rings (SSSR count). The van der Waals surface area contributed by atoms with Crippen molar-refractivity contribution in [1.82, 2.24) is 0 Å². The Kier molecular flexibility index (Phi) is 9.13. The van der Waals surface area contributed by atoms with Gasteiger partial charge in [0.05, 0.1) is 6.04 Å². The van der Waals surface area contributed by atoms with Gasteiger partial charge in [0.25, 0.3) is 0 Å². The second kappa shape index (κ2) is 9.43. The lowest BCUT2D eigenvalue weighted by Crippen LogP contribution is -2.62. The van der Waals surface area contributed by atoms with Gasteiger partial charge in [0.15, 0.2) is 12.2 Å². The van der Waals surface area contributed by atoms with Gasteiger partial charge >= 0.3 is 17.9 Å². The number of carbonyl (C=O) groups is 3. The number of carbonyl (C=O) groups excluding carboxylic acids is 3. The standard InChI is InChI=1S/C12H18BrNO7.BrH/c1-5(15)18-4-8-10(19-6(2)16)11(20-7(3)17)9(14)12(13)21-8;/h8-12H,4,14H2,1-3H3;1H/t8-,9-,10-,11-,12+;/m1./s1. The molecule has 1 heterocycles. The van der Waals surface area contributed by atoms with Crippen molar-refractivity contribution in [1.29, 1.82) is 0 Å². The second-order valence-electron chi connectivity index (χ2n) is 4.55. The van der Waals surface area contributed by atoms with Crippen LogP contribution in [0.25, 0.3) is 0 Å². The molecule has 0 aliphatic carbocycles. The lowest BCUT2D eigenvalue weighted by molar-refractivity contribution is -0.208. The third-order valence-electron chi connectivity index (χ3n) is 2.73. The molecule has 1 fully saturated rings. The van der Waals surface area contributed by atoms with Crippen LogP contribution in [0, 0.1) is 0 Å². The maximum Gasteiger partial charge on any atom is 0.303 e. The summed E-state index contributed by atoms with van der Waals surface area (Å²) in [4.78, 5) is 33.4. The molecular weight excluding hydrogens is 430 g/mol. The number of rotatable bonds is 4. The molecule has 0 bridgehead atoms. The summed E-state index contributed by atoms with van der Waals surface area (Å²) in [5, 5.41) is -0.644. The first-order valence-electron chi connectivity index (χ1n) is 6.25. The van der Waals surface area contributed by atoms with Crippen LogP contribution in [0.2, 0.25) is 0 Å². The zero-order chi connectivity index (χ0) is 16.2. The van der Waals surface area contributed by atoms with Gasteiger partial charge < -0.3 is 24.7 Å². The molecule has 10 heteroatoms. The molecule has 2 N–H and O–H groups in total. The van der Waals surface area contributed by atoms with Gasteiger partial charge in [-0.2, -0.15) is 0 Å². The molecule has 0 unspecified atom stereocenters. The lowest BCUT2D eigenvalue weighted by atomic mass is 9.98. The van der Waals surface area contributed by atoms with Gasteiger partial charge in [-0.15, -0.1) is 17.0 Å². The Balaban J connectivity index is 0.00000441. The lowest BCUT2D eigenvalue weighted by Gasteiger charge is -2.42. The van der Waals surface area contributed by atoms with E-state index in [0.29, 0.717) is 0 Å². The van der Waals surface area contributed by atoms with Crippen molar-refractivity contribution in [2.24, 2.45) is 5.73 Å². The molecule has 1 saturated heterocycles. The molecule has 1 aliphatic rings. The molecule has 8 nitrogen and oxygen atoms in total. The number of ether oxygens (including phenoxy) is 4. The van der Waals surface area contributed by atoms with Gasteiger partial charge in [-0.25, -0.2) is 0 Å². The smallest absolute Gasteiger partial charge is 0.303 e. The SMILES string of the molecule is Br.CC(=O)OC[C@H]1O[C@H](Br)[C@H](N)[C@@H](OC(C)=O)[C@@H]1OC(C)=O. The Morgan fingerprint density at radius 3 is 2.00 bits per heavy atom. The van der Waals surface area contributed by atoms with E-state index >= 15 is 0 Å². The fourth-order valence-electron chi connectivity index (χ4n) is 1.92. The van der Waals surface area contributed by atoms with Crippen molar-refractivity contribution in [3.8, 4) is 0 Å². The summed E-state index contributed by atoms with van der Waals surface area (Å²) in [6.07, 6.45) is -2.68. The largest absolute Gasteiger partial charge is 0.463 e. The normalized spacial score (nSPS) is 30.7. The maximum atomic E-state index is 11.2. The summed E-state index contributed by atoms with van der Waals surface area (Å²) < 4.78 is 20.7. The molecule has 5 atom stereocenters. The first-order chi connectivity index (χ1) is 9.72. The molecule has 0 aromatic heterocycles. The van der Waals surface area contributed by atoms with E-state index in [1.54, 1.807) is 0 Å². The molecule has 0 radical (unpaired) electrons. The Bertz CT molecular complexity index is 420. The van der Waals surface area contributed by atoms with Crippen LogP contribution in [0.1, 0.15) is 20.8 Å². The van der Waals surface area contributed by atoms with Crippen LogP contribution in [0.5, 0.6) is 0 Å². The third-order valence-corrected chi connectivity index (χ3v) is 3.56. The first-order valence-corrected chi connectivity index (χ1v) is 7.17. The van der Waals surface area contributed by atoms with Gasteiger partial charge in [-0.1, -0.05) is 15.9 Å². The minimum atomic E-state index is -0.963. The predicted octanol–water partition coefficient (Wildman–Crippen LogP) is 0.438. The van der Waals surface area contributed by atoms with Gasteiger partial charge in [-0.3, -0.25) is 14.4 Å². The Hall–Kier alpha value is -0.710. The van der Waals surface area contributed by atoms with Crippen LogP contribution < -0.4 is 5.73 Å².